The molecule has 146 valence electrons. The number of likely N-dealkylation sites (N-methyl/N-ethyl adjacent to an activating group) is 1. The fourth-order valence-electron chi connectivity index (χ4n) is 2.43. The molecule has 1 aromatic rings. The number of nitrogens with zero attached hydrogens (tertiary/aromatic N) is 2. The van der Waals surface area contributed by atoms with Crippen molar-refractivity contribution in [1.82, 2.24) is 9.88 Å². The van der Waals surface area contributed by atoms with Crippen LogP contribution in [0.25, 0.3) is 0 Å². The lowest BCUT2D eigenvalue weighted by Gasteiger charge is -2.39. The number of carbonyl (C=O) groups is 1. The summed E-state index contributed by atoms with van der Waals surface area (Å²) in [6.07, 6.45) is 1.56. The van der Waals surface area contributed by atoms with Crippen LogP contribution in [0.2, 0.25) is 18.1 Å². The van der Waals surface area contributed by atoms with Crippen LogP contribution in [0, 0.1) is 0 Å². The molecule has 0 aromatic carbocycles. The first-order chi connectivity index (χ1) is 12.1. The van der Waals surface area contributed by atoms with Crippen molar-refractivity contribution in [2.75, 3.05) is 26.8 Å². The lowest BCUT2D eigenvalue weighted by molar-refractivity contribution is 0.0216. The molecule has 1 aliphatic heterocycles. The fraction of sp³-hybridized carbons (Fsp3) is 0.684. The van der Waals surface area contributed by atoms with Gasteiger partial charge in [0.1, 0.15) is 6.10 Å². The maximum atomic E-state index is 12.4. The summed E-state index contributed by atoms with van der Waals surface area (Å²) in [6, 6.07) is 5.77. The van der Waals surface area contributed by atoms with Crippen LogP contribution in [0.5, 0.6) is 0 Å². The number of aromatic nitrogens is 1. The predicted molar refractivity (Wildman–Crippen MR) is 104 cm³/mol. The van der Waals surface area contributed by atoms with E-state index in [1.54, 1.807) is 18.1 Å². The number of hydrogen-bond donors (Lipinski definition) is 0. The Labute approximate surface area is 158 Å². The number of ether oxygens (including phenoxy) is 2. The Hall–Kier alpha value is -1.44. The minimum Gasteiger partial charge on any atom is -0.441 e. The molecule has 0 bridgehead atoms. The Morgan fingerprint density at radius 1 is 1.31 bits per heavy atom. The molecule has 26 heavy (non-hydrogen) atoms. The maximum Gasteiger partial charge on any atom is 0.409 e. The monoisotopic (exact) mass is 380 g/mol. The van der Waals surface area contributed by atoms with E-state index in [4.69, 9.17) is 13.9 Å². The van der Waals surface area contributed by atoms with Gasteiger partial charge < -0.3 is 18.8 Å². The summed E-state index contributed by atoms with van der Waals surface area (Å²) in [5.41, 5.74) is 0.954. The number of rotatable bonds is 6. The molecule has 1 saturated heterocycles. The molecule has 6 nitrogen and oxygen atoms in total. The molecule has 0 aliphatic carbocycles. The molecule has 2 rings (SSSR count). The Morgan fingerprint density at radius 2 is 2.00 bits per heavy atom. The van der Waals surface area contributed by atoms with E-state index in [1.807, 2.05) is 18.2 Å². The van der Waals surface area contributed by atoms with E-state index in [1.165, 1.54) is 0 Å². The second-order valence-corrected chi connectivity index (χ2v) is 13.1. The Kier molecular flexibility index (Phi) is 6.82. The van der Waals surface area contributed by atoms with Crippen LogP contribution in [0.1, 0.15) is 26.5 Å². The van der Waals surface area contributed by atoms with E-state index in [0.717, 1.165) is 5.69 Å². The summed E-state index contributed by atoms with van der Waals surface area (Å²) in [7, 11) is -0.202. The molecular formula is C19H32N2O4Si. The topological polar surface area (TPSA) is 60.9 Å². The molecule has 0 spiro atoms. The minimum absolute atomic E-state index is 0.101. The summed E-state index contributed by atoms with van der Waals surface area (Å²) >= 11 is 0. The van der Waals surface area contributed by atoms with E-state index in [-0.39, 0.29) is 23.3 Å². The van der Waals surface area contributed by atoms with Gasteiger partial charge in [0.2, 0.25) is 0 Å². The zero-order valence-corrected chi connectivity index (χ0v) is 17.8. The van der Waals surface area contributed by atoms with Crippen molar-refractivity contribution in [3.8, 4) is 0 Å². The molecule has 0 radical (unpaired) electrons. The van der Waals surface area contributed by atoms with Gasteiger partial charge in [0, 0.05) is 31.9 Å². The van der Waals surface area contributed by atoms with Crippen LogP contribution in [0.15, 0.2) is 24.4 Å². The van der Waals surface area contributed by atoms with Crippen LogP contribution in [0.3, 0.4) is 0 Å². The van der Waals surface area contributed by atoms with Crippen molar-refractivity contribution < 1.29 is 18.7 Å². The second-order valence-electron chi connectivity index (χ2n) is 8.37. The molecular weight excluding hydrogens is 348 g/mol. The van der Waals surface area contributed by atoms with E-state index in [0.29, 0.717) is 26.2 Å². The number of pyridine rings is 1. The first-order valence-electron chi connectivity index (χ1n) is 9.17. The lowest BCUT2D eigenvalue weighted by Crippen LogP contribution is -2.48. The fourth-order valence-corrected chi connectivity index (χ4v) is 3.76. The van der Waals surface area contributed by atoms with Gasteiger partial charge in [-0.15, -0.1) is 0 Å². The van der Waals surface area contributed by atoms with Crippen LogP contribution in [-0.4, -0.2) is 63.3 Å². The average Bonchev–Trinajstić information content (AvgIpc) is 2.98. The van der Waals surface area contributed by atoms with Crippen LogP contribution in [-0.2, 0) is 20.3 Å². The van der Waals surface area contributed by atoms with Crippen molar-refractivity contribution in [2.45, 2.75) is 57.5 Å². The number of hydrogen-bond acceptors (Lipinski definition) is 5. The molecule has 1 aliphatic rings. The molecule has 2 atom stereocenters. The summed E-state index contributed by atoms with van der Waals surface area (Å²) in [6.45, 7) is 12.4. The Bertz CT molecular complexity index is 589. The number of amides is 1. The highest BCUT2D eigenvalue weighted by molar-refractivity contribution is 6.74. The molecule has 0 unspecified atom stereocenters. The van der Waals surface area contributed by atoms with Crippen molar-refractivity contribution in [1.29, 1.82) is 0 Å². The smallest absolute Gasteiger partial charge is 0.409 e. The van der Waals surface area contributed by atoms with E-state index in [9.17, 15) is 4.79 Å². The molecule has 0 saturated carbocycles. The van der Waals surface area contributed by atoms with Crippen LogP contribution in [0.4, 0.5) is 4.79 Å². The third kappa shape index (κ3) is 5.53. The zero-order chi connectivity index (χ0) is 19.4. The summed E-state index contributed by atoms with van der Waals surface area (Å²) in [4.78, 5) is 18.3. The Morgan fingerprint density at radius 3 is 2.62 bits per heavy atom. The first kappa shape index (κ1) is 20.9. The van der Waals surface area contributed by atoms with Crippen LogP contribution < -0.4 is 0 Å². The largest absolute Gasteiger partial charge is 0.441 e. The van der Waals surface area contributed by atoms with Gasteiger partial charge in [-0.1, -0.05) is 26.8 Å². The SMILES string of the molecule is CN(CCc1ccccn1)C(=O)O[C@H]1COC[C@H]1O[Si](C)(C)C(C)(C)C. The normalized spacial score (nSPS) is 20.8. The van der Waals surface area contributed by atoms with Gasteiger partial charge in [-0.05, 0) is 30.3 Å². The molecule has 1 fully saturated rings. The van der Waals surface area contributed by atoms with Gasteiger partial charge in [-0.3, -0.25) is 4.98 Å². The molecule has 7 heteroatoms. The van der Waals surface area contributed by atoms with Gasteiger partial charge in [0.25, 0.3) is 0 Å². The van der Waals surface area contributed by atoms with Gasteiger partial charge in [0.15, 0.2) is 14.4 Å². The van der Waals surface area contributed by atoms with Crippen molar-refractivity contribution in [3.63, 3.8) is 0 Å². The molecule has 1 aromatic heterocycles. The second kappa shape index (κ2) is 8.50. The van der Waals surface area contributed by atoms with Crippen LogP contribution >= 0.6 is 0 Å². The highest BCUT2D eigenvalue weighted by Crippen LogP contribution is 2.38. The number of carbonyl (C=O) groups excluding carboxylic acids is 1. The van der Waals surface area contributed by atoms with E-state index < -0.39 is 8.32 Å². The quantitative estimate of drug-likeness (QED) is 0.707. The zero-order valence-electron chi connectivity index (χ0n) is 16.8. The minimum atomic E-state index is -1.94. The standard InChI is InChI=1S/C19H32N2O4Si/c1-19(2,3)26(5,6)25-17-14-23-13-16(17)24-18(22)21(4)12-10-15-9-7-8-11-20-15/h7-9,11,16-17H,10,12-14H2,1-6H3/t16-,17+/m0/s1. The van der Waals surface area contributed by atoms with Gasteiger partial charge in [-0.2, -0.15) is 0 Å². The van der Waals surface area contributed by atoms with Crippen molar-refractivity contribution >= 4 is 14.4 Å². The summed E-state index contributed by atoms with van der Waals surface area (Å²) < 4.78 is 17.6. The van der Waals surface area contributed by atoms with Crippen molar-refractivity contribution in [2.24, 2.45) is 0 Å². The van der Waals surface area contributed by atoms with E-state index >= 15 is 0 Å². The van der Waals surface area contributed by atoms with Gasteiger partial charge in [-0.25, -0.2) is 4.79 Å². The molecule has 2 heterocycles. The summed E-state index contributed by atoms with van der Waals surface area (Å²) in [5.74, 6) is 0. The van der Waals surface area contributed by atoms with Crippen molar-refractivity contribution in [3.05, 3.63) is 30.1 Å². The third-order valence-electron chi connectivity index (χ3n) is 5.22. The maximum absolute atomic E-state index is 12.4. The predicted octanol–water partition coefficient (Wildman–Crippen LogP) is 3.48. The van der Waals surface area contributed by atoms with Gasteiger partial charge in [0.05, 0.1) is 13.2 Å². The highest BCUT2D eigenvalue weighted by Gasteiger charge is 2.43. The lowest BCUT2D eigenvalue weighted by atomic mass is 10.2. The average molecular weight is 381 g/mol. The molecule has 0 N–H and O–H groups in total. The highest BCUT2D eigenvalue weighted by atomic mass is 28.4. The molecule has 1 amide bonds. The Balaban J connectivity index is 1.86. The summed E-state index contributed by atoms with van der Waals surface area (Å²) in [5, 5.41) is 0.101. The van der Waals surface area contributed by atoms with Gasteiger partial charge >= 0.3 is 6.09 Å². The van der Waals surface area contributed by atoms with E-state index in [2.05, 4.69) is 38.8 Å². The third-order valence-corrected chi connectivity index (χ3v) is 9.73. The first-order valence-corrected chi connectivity index (χ1v) is 12.1.